The van der Waals surface area contributed by atoms with E-state index in [4.69, 9.17) is 9.47 Å². The van der Waals surface area contributed by atoms with E-state index in [1.165, 1.54) is 12.1 Å². The Bertz CT molecular complexity index is 1230. The van der Waals surface area contributed by atoms with Gasteiger partial charge in [0.05, 0.1) is 17.7 Å². The fourth-order valence-electron chi connectivity index (χ4n) is 3.90. The number of amides is 1. The number of ether oxygens (including phenoxy) is 2. The van der Waals surface area contributed by atoms with E-state index in [2.05, 4.69) is 9.62 Å². The molecule has 0 radical (unpaired) electrons. The molecule has 4 rings (SSSR count). The lowest BCUT2D eigenvalue weighted by molar-refractivity contribution is -0.133. The summed E-state index contributed by atoms with van der Waals surface area (Å²) in [5.74, 6) is 1.15. The molecule has 0 atom stereocenters. The molecule has 35 heavy (non-hydrogen) atoms. The maximum absolute atomic E-state index is 12.6. The molecule has 0 aliphatic carbocycles. The summed E-state index contributed by atoms with van der Waals surface area (Å²) in [5.41, 5.74) is 1.89. The molecule has 1 fully saturated rings. The van der Waals surface area contributed by atoms with Gasteiger partial charge < -0.3 is 19.3 Å². The van der Waals surface area contributed by atoms with Crippen LogP contribution < -0.4 is 19.1 Å². The molecular formula is C26H29N3O5S. The van der Waals surface area contributed by atoms with Crippen molar-refractivity contribution >= 4 is 21.6 Å². The molecule has 1 amide bonds. The van der Waals surface area contributed by atoms with E-state index in [0.29, 0.717) is 31.9 Å². The molecule has 0 aromatic heterocycles. The minimum Gasteiger partial charge on any atom is -0.495 e. The summed E-state index contributed by atoms with van der Waals surface area (Å²) in [6.45, 7) is 2.69. The van der Waals surface area contributed by atoms with Gasteiger partial charge in [0, 0.05) is 32.7 Å². The van der Waals surface area contributed by atoms with Gasteiger partial charge in [-0.25, -0.2) is 13.1 Å². The molecule has 1 saturated heterocycles. The van der Waals surface area contributed by atoms with Crippen LogP contribution in [0.5, 0.6) is 11.5 Å². The number of sulfonamides is 1. The van der Waals surface area contributed by atoms with E-state index in [1.54, 1.807) is 24.1 Å². The van der Waals surface area contributed by atoms with Crippen LogP contribution in [-0.2, 0) is 21.4 Å². The molecule has 8 nitrogen and oxygen atoms in total. The van der Waals surface area contributed by atoms with Crippen molar-refractivity contribution in [1.82, 2.24) is 9.62 Å². The number of anilines is 1. The van der Waals surface area contributed by atoms with Crippen molar-refractivity contribution in [1.29, 1.82) is 0 Å². The Morgan fingerprint density at radius 1 is 0.886 bits per heavy atom. The van der Waals surface area contributed by atoms with Crippen molar-refractivity contribution in [3.63, 3.8) is 0 Å². The summed E-state index contributed by atoms with van der Waals surface area (Å²) < 4.78 is 38.7. The van der Waals surface area contributed by atoms with Gasteiger partial charge in [0.15, 0.2) is 6.61 Å². The molecule has 1 heterocycles. The highest BCUT2D eigenvalue weighted by atomic mass is 32.2. The van der Waals surface area contributed by atoms with Crippen LogP contribution in [0, 0.1) is 0 Å². The van der Waals surface area contributed by atoms with Crippen molar-refractivity contribution in [2.24, 2.45) is 0 Å². The number of nitrogens with zero attached hydrogens (tertiary/aromatic N) is 2. The molecule has 0 bridgehead atoms. The first-order valence-corrected chi connectivity index (χ1v) is 12.9. The number of hydrogen-bond donors (Lipinski definition) is 1. The molecule has 9 heteroatoms. The standard InChI is InChI=1S/C26H29N3O5S/c1-33-25-10-6-5-9-24(25)28-15-17-29(18-16-28)26(30)20-34-22-11-13-23(14-12-22)35(31,32)27-19-21-7-3-2-4-8-21/h2-14,27H,15-20H2,1H3. The van der Waals surface area contributed by atoms with Gasteiger partial charge in [-0.1, -0.05) is 42.5 Å². The van der Waals surface area contributed by atoms with Crippen molar-refractivity contribution < 1.29 is 22.7 Å². The summed E-state index contributed by atoms with van der Waals surface area (Å²) in [6, 6.07) is 23.2. The van der Waals surface area contributed by atoms with Gasteiger partial charge >= 0.3 is 0 Å². The van der Waals surface area contributed by atoms with Gasteiger partial charge in [-0.2, -0.15) is 0 Å². The topological polar surface area (TPSA) is 88.2 Å². The largest absolute Gasteiger partial charge is 0.495 e. The Morgan fingerprint density at radius 3 is 2.23 bits per heavy atom. The zero-order chi connectivity index (χ0) is 24.7. The Hall–Kier alpha value is -3.56. The summed E-state index contributed by atoms with van der Waals surface area (Å²) in [4.78, 5) is 16.8. The molecule has 3 aromatic carbocycles. The average Bonchev–Trinajstić information content (AvgIpc) is 2.91. The van der Waals surface area contributed by atoms with Crippen LogP contribution in [0.1, 0.15) is 5.56 Å². The van der Waals surface area contributed by atoms with Crippen molar-refractivity contribution in [2.75, 3.05) is 44.8 Å². The Balaban J connectivity index is 1.26. The van der Waals surface area contributed by atoms with Gasteiger partial charge in [0.1, 0.15) is 11.5 Å². The van der Waals surface area contributed by atoms with E-state index in [0.717, 1.165) is 17.0 Å². The second kappa shape index (κ2) is 11.2. The highest BCUT2D eigenvalue weighted by Gasteiger charge is 2.23. The minimum absolute atomic E-state index is 0.104. The highest BCUT2D eigenvalue weighted by Crippen LogP contribution is 2.28. The Labute approximate surface area is 206 Å². The Kier molecular flexibility index (Phi) is 7.89. The fraction of sp³-hybridized carbons (Fsp3) is 0.269. The molecule has 0 spiro atoms. The van der Waals surface area contributed by atoms with Crippen LogP contribution in [0.3, 0.4) is 0 Å². The lowest BCUT2D eigenvalue weighted by atomic mass is 10.2. The summed E-state index contributed by atoms with van der Waals surface area (Å²) in [6.07, 6.45) is 0. The lowest BCUT2D eigenvalue weighted by Gasteiger charge is -2.36. The van der Waals surface area contributed by atoms with E-state index in [-0.39, 0.29) is 24.0 Å². The molecule has 0 unspecified atom stereocenters. The van der Waals surface area contributed by atoms with Gasteiger partial charge in [-0.15, -0.1) is 0 Å². The molecular weight excluding hydrogens is 466 g/mol. The third-order valence-corrected chi connectivity index (χ3v) is 7.28. The van der Waals surface area contributed by atoms with E-state index >= 15 is 0 Å². The van der Waals surface area contributed by atoms with Crippen LogP contribution >= 0.6 is 0 Å². The van der Waals surface area contributed by atoms with Gasteiger partial charge in [0.25, 0.3) is 5.91 Å². The van der Waals surface area contributed by atoms with Crippen LogP contribution in [0.4, 0.5) is 5.69 Å². The van der Waals surface area contributed by atoms with Crippen LogP contribution in [-0.4, -0.2) is 59.1 Å². The third kappa shape index (κ3) is 6.32. The van der Waals surface area contributed by atoms with Crippen molar-refractivity contribution in [2.45, 2.75) is 11.4 Å². The zero-order valence-electron chi connectivity index (χ0n) is 19.6. The maximum Gasteiger partial charge on any atom is 0.260 e. The smallest absolute Gasteiger partial charge is 0.260 e. The molecule has 1 aliphatic heterocycles. The van der Waals surface area contributed by atoms with E-state index in [1.807, 2.05) is 54.6 Å². The number of rotatable bonds is 9. The molecule has 0 saturated carbocycles. The van der Waals surface area contributed by atoms with Crippen molar-refractivity contribution in [3.8, 4) is 11.5 Å². The fourth-order valence-corrected chi connectivity index (χ4v) is 4.91. The second-order valence-electron chi connectivity index (χ2n) is 8.11. The number of nitrogens with one attached hydrogen (secondary N) is 1. The number of para-hydroxylation sites is 2. The zero-order valence-corrected chi connectivity index (χ0v) is 20.4. The maximum atomic E-state index is 12.6. The lowest BCUT2D eigenvalue weighted by Crippen LogP contribution is -2.50. The normalized spacial score (nSPS) is 14.0. The first-order valence-electron chi connectivity index (χ1n) is 11.4. The number of benzene rings is 3. The first kappa shape index (κ1) is 24.6. The number of carbonyl (C=O) groups excluding carboxylic acids is 1. The molecule has 1 N–H and O–H groups in total. The van der Waals surface area contributed by atoms with Gasteiger partial charge in [-0.05, 0) is 42.0 Å². The average molecular weight is 496 g/mol. The predicted molar refractivity (Wildman–Crippen MR) is 134 cm³/mol. The van der Waals surface area contributed by atoms with Crippen LogP contribution in [0.2, 0.25) is 0 Å². The minimum atomic E-state index is -3.65. The monoisotopic (exact) mass is 495 g/mol. The van der Waals surface area contributed by atoms with E-state index < -0.39 is 10.0 Å². The number of piperazine rings is 1. The molecule has 3 aromatic rings. The molecule has 184 valence electrons. The van der Waals surface area contributed by atoms with Crippen LogP contribution in [0.25, 0.3) is 0 Å². The second-order valence-corrected chi connectivity index (χ2v) is 9.88. The predicted octanol–water partition coefficient (Wildman–Crippen LogP) is 2.90. The summed E-state index contributed by atoms with van der Waals surface area (Å²) in [7, 11) is -2.00. The SMILES string of the molecule is COc1ccccc1N1CCN(C(=O)COc2ccc(S(=O)(=O)NCc3ccccc3)cc2)CC1. The Morgan fingerprint density at radius 2 is 1.54 bits per heavy atom. The molecule has 1 aliphatic rings. The third-order valence-electron chi connectivity index (χ3n) is 5.86. The van der Waals surface area contributed by atoms with Gasteiger partial charge in [-0.3, -0.25) is 4.79 Å². The van der Waals surface area contributed by atoms with Crippen molar-refractivity contribution in [3.05, 3.63) is 84.4 Å². The highest BCUT2D eigenvalue weighted by molar-refractivity contribution is 7.89. The van der Waals surface area contributed by atoms with E-state index in [9.17, 15) is 13.2 Å². The summed E-state index contributed by atoms with van der Waals surface area (Å²) in [5, 5.41) is 0. The van der Waals surface area contributed by atoms with Gasteiger partial charge in [0.2, 0.25) is 10.0 Å². The number of hydrogen-bond acceptors (Lipinski definition) is 6. The first-order chi connectivity index (χ1) is 17.0. The number of carbonyl (C=O) groups is 1. The quantitative estimate of drug-likeness (QED) is 0.491. The summed E-state index contributed by atoms with van der Waals surface area (Å²) >= 11 is 0. The van der Waals surface area contributed by atoms with Crippen LogP contribution in [0.15, 0.2) is 83.8 Å². The number of methoxy groups -OCH3 is 1.